The number of rotatable bonds is 8. The largest absolute Gasteiger partial charge is 0.314 e. The lowest BCUT2D eigenvalue weighted by Gasteiger charge is -2.17. The van der Waals surface area contributed by atoms with E-state index in [1.54, 1.807) is 0 Å². The molecule has 0 aromatic heterocycles. The van der Waals surface area contributed by atoms with Crippen LogP contribution in [0, 0.1) is 12.7 Å². The van der Waals surface area contributed by atoms with E-state index < -0.39 is 33.1 Å². The number of aryl methyl sites for hydroxylation is 3. The lowest BCUT2D eigenvalue weighted by molar-refractivity contribution is -0.125. The minimum Gasteiger partial charge on any atom is -0.283 e. The van der Waals surface area contributed by atoms with Crippen molar-refractivity contribution in [1.82, 2.24) is 5.01 Å². The Morgan fingerprint density at radius 2 is 1.55 bits per heavy atom. The van der Waals surface area contributed by atoms with Gasteiger partial charge >= 0.3 is 5.91 Å². The van der Waals surface area contributed by atoms with Crippen LogP contribution in [0.5, 0.6) is 0 Å². The highest BCUT2D eigenvalue weighted by Crippen LogP contribution is 2.21. The van der Waals surface area contributed by atoms with Crippen molar-refractivity contribution in [3.63, 3.8) is 0 Å². The van der Waals surface area contributed by atoms with E-state index in [-0.39, 0.29) is 5.71 Å². The molecular formula is C23H27FN2O4S. The third kappa shape index (κ3) is 6.30. The number of halogens is 1. The number of benzene rings is 2. The van der Waals surface area contributed by atoms with Gasteiger partial charge in [-0.2, -0.15) is 5.10 Å². The molecule has 2 rings (SSSR count). The fourth-order valence-electron chi connectivity index (χ4n) is 3.33. The zero-order valence-corrected chi connectivity index (χ0v) is 19.2. The number of nitrogens with zero attached hydrogens (tertiary/aromatic N) is 2. The molecule has 2 aromatic carbocycles. The highest BCUT2D eigenvalue weighted by Gasteiger charge is 2.26. The van der Waals surface area contributed by atoms with Gasteiger partial charge in [0.1, 0.15) is 5.82 Å². The standard InChI is InChI=1S/C23H27FN2O4S/c1-6-16-12-15(3)13-17(7-2)21(16)22(27)23(28)26(4)25-20(14-31(5,29)30)18-8-10-19(24)11-9-18/h8-13H,6-7,14H2,1-5H3/b25-20-. The van der Waals surface area contributed by atoms with Crippen LogP contribution in [0.3, 0.4) is 0 Å². The number of likely N-dealkylation sites (N-methyl/N-ethyl adjacent to an activating group) is 1. The zero-order valence-electron chi connectivity index (χ0n) is 18.4. The second-order valence-electron chi connectivity index (χ2n) is 7.45. The quantitative estimate of drug-likeness (QED) is 0.269. The van der Waals surface area contributed by atoms with E-state index in [2.05, 4.69) is 5.10 Å². The van der Waals surface area contributed by atoms with Crippen molar-refractivity contribution in [2.45, 2.75) is 33.6 Å². The number of Topliss-reactive ketones (excluding diaryl/α,β-unsaturated/α-hetero) is 1. The first-order chi connectivity index (χ1) is 14.5. The number of sulfone groups is 1. The van der Waals surface area contributed by atoms with Gasteiger partial charge in [0.25, 0.3) is 5.78 Å². The Morgan fingerprint density at radius 1 is 1.03 bits per heavy atom. The third-order valence-electron chi connectivity index (χ3n) is 4.77. The summed E-state index contributed by atoms with van der Waals surface area (Å²) in [6.45, 7) is 5.76. The van der Waals surface area contributed by atoms with Gasteiger partial charge in [-0.05, 0) is 48.6 Å². The molecule has 0 fully saturated rings. The van der Waals surface area contributed by atoms with Gasteiger partial charge in [0.05, 0.1) is 11.5 Å². The zero-order chi connectivity index (χ0) is 23.3. The molecule has 0 unspecified atom stereocenters. The second kappa shape index (κ2) is 9.96. The summed E-state index contributed by atoms with van der Waals surface area (Å²) in [5.74, 6) is -2.52. The molecular weight excluding hydrogens is 419 g/mol. The lowest BCUT2D eigenvalue weighted by atomic mass is 9.92. The SMILES string of the molecule is CCc1cc(C)cc(CC)c1C(=O)C(=O)N(C)/N=C(/CS(C)(=O)=O)c1ccc(F)cc1. The molecule has 0 aliphatic rings. The molecule has 31 heavy (non-hydrogen) atoms. The minimum absolute atomic E-state index is 0.0430. The van der Waals surface area contributed by atoms with Crippen LogP contribution in [-0.4, -0.2) is 49.9 Å². The minimum atomic E-state index is -3.50. The van der Waals surface area contributed by atoms with Gasteiger partial charge in [0, 0.05) is 18.9 Å². The maximum absolute atomic E-state index is 13.3. The van der Waals surface area contributed by atoms with Crippen molar-refractivity contribution in [2.24, 2.45) is 5.10 Å². The normalized spacial score (nSPS) is 12.0. The second-order valence-corrected chi connectivity index (χ2v) is 9.59. The van der Waals surface area contributed by atoms with Gasteiger partial charge < -0.3 is 0 Å². The Bertz CT molecular complexity index is 1100. The van der Waals surface area contributed by atoms with Crippen LogP contribution >= 0.6 is 0 Å². The topological polar surface area (TPSA) is 83.9 Å². The third-order valence-corrected chi connectivity index (χ3v) is 5.57. The van der Waals surface area contributed by atoms with Gasteiger partial charge in [-0.1, -0.05) is 43.7 Å². The van der Waals surface area contributed by atoms with E-state index in [1.165, 1.54) is 31.3 Å². The molecule has 0 saturated carbocycles. The van der Waals surface area contributed by atoms with Crippen molar-refractivity contribution < 1.29 is 22.4 Å². The Balaban J connectivity index is 2.47. The maximum atomic E-state index is 13.3. The van der Waals surface area contributed by atoms with Gasteiger partial charge in [-0.15, -0.1) is 0 Å². The Labute approximate surface area is 182 Å². The first-order valence-electron chi connectivity index (χ1n) is 9.92. The molecule has 0 heterocycles. The Kier molecular flexibility index (Phi) is 7.84. The highest BCUT2D eigenvalue weighted by atomic mass is 32.2. The number of carbonyl (C=O) groups is 2. The molecule has 6 nitrogen and oxygen atoms in total. The van der Waals surface area contributed by atoms with Crippen LogP contribution in [-0.2, 0) is 27.5 Å². The fourth-order valence-corrected chi connectivity index (χ4v) is 4.05. The van der Waals surface area contributed by atoms with E-state index in [0.29, 0.717) is 24.0 Å². The Hall–Kier alpha value is -2.87. The molecule has 166 valence electrons. The van der Waals surface area contributed by atoms with Crippen LogP contribution < -0.4 is 0 Å². The first kappa shape index (κ1) is 24.4. The first-order valence-corrected chi connectivity index (χ1v) is 12.0. The summed E-state index contributed by atoms with van der Waals surface area (Å²) in [6, 6.07) is 8.88. The van der Waals surface area contributed by atoms with Crippen molar-refractivity contribution >= 4 is 27.2 Å². The molecule has 1 amide bonds. The molecule has 8 heteroatoms. The molecule has 0 N–H and O–H groups in total. The summed E-state index contributed by atoms with van der Waals surface area (Å²) in [5.41, 5.74) is 3.33. The molecule has 0 spiro atoms. The van der Waals surface area contributed by atoms with E-state index in [9.17, 15) is 22.4 Å². The summed E-state index contributed by atoms with van der Waals surface area (Å²) in [5, 5.41) is 4.97. The maximum Gasteiger partial charge on any atom is 0.314 e. The molecule has 0 aliphatic carbocycles. The van der Waals surface area contributed by atoms with Crippen LogP contribution in [0.4, 0.5) is 4.39 Å². The van der Waals surface area contributed by atoms with Gasteiger partial charge in [-0.3, -0.25) is 9.59 Å². The number of hydrazone groups is 1. The summed E-state index contributed by atoms with van der Waals surface area (Å²) in [7, 11) is -2.20. The van der Waals surface area contributed by atoms with Gasteiger partial charge in [-0.25, -0.2) is 17.8 Å². The summed E-state index contributed by atoms with van der Waals surface area (Å²) >= 11 is 0. The molecule has 0 aliphatic heterocycles. The fraction of sp³-hybridized carbons (Fsp3) is 0.348. The number of hydrogen-bond donors (Lipinski definition) is 0. The van der Waals surface area contributed by atoms with Crippen molar-refractivity contribution in [1.29, 1.82) is 0 Å². The van der Waals surface area contributed by atoms with Crippen molar-refractivity contribution in [2.75, 3.05) is 19.1 Å². The highest BCUT2D eigenvalue weighted by molar-refractivity contribution is 7.91. The molecule has 0 saturated heterocycles. The molecule has 0 bridgehead atoms. The van der Waals surface area contributed by atoms with Crippen LogP contribution in [0.2, 0.25) is 0 Å². The van der Waals surface area contributed by atoms with Gasteiger partial charge in [0.15, 0.2) is 9.84 Å². The number of ketones is 1. The van der Waals surface area contributed by atoms with Crippen molar-refractivity contribution in [3.8, 4) is 0 Å². The average Bonchev–Trinajstić information content (AvgIpc) is 2.70. The Morgan fingerprint density at radius 3 is 2.00 bits per heavy atom. The smallest absolute Gasteiger partial charge is 0.283 e. The van der Waals surface area contributed by atoms with Crippen LogP contribution in [0.15, 0.2) is 41.5 Å². The number of hydrogen-bond acceptors (Lipinski definition) is 5. The van der Waals surface area contributed by atoms with E-state index in [1.807, 2.05) is 32.9 Å². The summed E-state index contributed by atoms with van der Waals surface area (Å²) in [6.07, 6.45) is 2.21. The lowest BCUT2D eigenvalue weighted by Crippen LogP contribution is -2.32. The molecule has 0 atom stereocenters. The van der Waals surface area contributed by atoms with Crippen molar-refractivity contribution in [3.05, 3.63) is 70.0 Å². The predicted octanol–water partition coefficient (Wildman–Crippen LogP) is 3.35. The number of carbonyl (C=O) groups excluding carboxylic acids is 2. The van der Waals surface area contributed by atoms with E-state index in [4.69, 9.17) is 0 Å². The number of amides is 1. The summed E-state index contributed by atoms with van der Waals surface area (Å²) < 4.78 is 37.0. The van der Waals surface area contributed by atoms with Crippen LogP contribution in [0.1, 0.15) is 46.5 Å². The monoisotopic (exact) mass is 446 g/mol. The van der Waals surface area contributed by atoms with E-state index >= 15 is 0 Å². The van der Waals surface area contributed by atoms with Gasteiger partial charge in [0.2, 0.25) is 0 Å². The van der Waals surface area contributed by atoms with Crippen LogP contribution in [0.25, 0.3) is 0 Å². The van der Waals surface area contributed by atoms with E-state index in [0.717, 1.165) is 28.0 Å². The molecule has 0 radical (unpaired) electrons. The molecule has 2 aromatic rings. The summed E-state index contributed by atoms with van der Waals surface area (Å²) in [4.78, 5) is 26.0. The average molecular weight is 447 g/mol. The predicted molar refractivity (Wildman–Crippen MR) is 120 cm³/mol.